The Morgan fingerprint density at radius 3 is 2.19 bits per heavy atom. The van der Waals surface area contributed by atoms with Crippen LogP contribution in [0.2, 0.25) is 0 Å². The molecular formula is C21H26N2O7S2. The summed E-state index contributed by atoms with van der Waals surface area (Å²) in [5.41, 5.74) is 1.62. The summed E-state index contributed by atoms with van der Waals surface area (Å²) < 4.78 is 64.4. The van der Waals surface area contributed by atoms with Crippen LogP contribution in [0, 0.1) is 6.92 Å². The number of aryl methyl sites for hydroxylation is 1. The second-order valence-corrected chi connectivity index (χ2v) is 11.1. The first-order chi connectivity index (χ1) is 15.2. The van der Waals surface area contributed by atoms with Crippen LogP contribution in [0.5, 0.6) is 0 Å². The molecule has 0 atom stereocenters. The van der Waals surface area contributed by atoms with E-state index in [0.717, 1.165) is 15.4 Å². The van der Waals surface area contributed by atoms with Gasteiger partial charge < -0.3 is 9.47 Å². The van der Waals surface area contributed by atoms with Gasteiger partial charge in [-0.05, 0) is 42.3 Å². The molecule has 1 saturated heterocycles. The Morgan fingerprint density at radius 1 is 1.00 bits per heavy atom. The van der Waals surface area contributed by atoms with Crippen molar-refractivity contribution in [2.75, 3.05) is 40.0 Å². The number of methoxy groups -OCH3 is 1. The van der Waals surface area contributed by atoms with Crippen LogP contribution in [-0.4, -0.2) is 71.4 Å². The molecule has 0 radical (unpaired) electrons. The number of ether oxygens (including phenoxy) is 2. The van der Waals surface area contributed by atoms with Crippen LogP contribution in [0.3, 0.4) is 0 Å². The maximum absolute atomic E-state index is 13.3. The largest absolute Gasteiger partial charge is 0.468 e. The van der Waals surface area contributed by atoms with Crippen molar-refractivity contribution in [3.63, 3.8) is 0 Å². The lowest BCUT2D eigenvalue weighted by molar-refractivity contribution is -0.140. The number of carbonyl (C=O) groups is 1. The Hall–Kier alpha value is -2.31. The van der Waals surface area contributed by atoms with Gasteiger partial charge in [-0.3, -0.25) is 4.79 Å². The van der Waals surface area contributed by atoms with E-state index in [0.29, 0.717) is 13.2 Å². The number of hydrogen-bond donors (Lipinski definition) is 0. The first-order valence-corrected chi connectivity index (χ1v) is 12.8. The van der Waals surface area contributed by atoms with Crippen molar-refractivity contribution in [3.8, 4) is 0 Å². The van der Waals surface area contributed by atoms with E-state index in [4.69, 9.17) is 4.74 Å². The molecule has 1 aliphatic heterocycles. The third-order valence-electron chi connectivity index (χ3n) is 5.21. The summed E-state index contributed by atoms with van der Waals surface area (Å²) in [5.74, 6) is -0.700. The number of rotatable bonds is 8. The van der Waals surface area contributed by atoms with Crippen LogP contribution in [0.25, 0.3) is 0 Å². The minimum Gasteiger partial charge on any atom is -0.468 e. The van der Waals surface area contributed by atoms with Gasteiger partial charge in [-0.15, -0.1) is 0 Å². The molecule has 3 rings (SSSR count). The van der Waals surface area contributed by atoms with E-state index < -0.39 is 32.6 Å². The van der Waals surface area contributed by atoms with E-state index in [-0.39, 0.29) is 29.4 Å². The molecule has 174 valence electrons. The van der Waals surface area contributed by atoms with E-state index in [1.54, 1.807) is 12.1 Å². The second-order valence-electron chi connectivity index (χ2n) is 7.26. The molecule has 1 heterocycles. The molecule has 0 amide bonds. The molecule has 0 aliphatic carbocycles. The fourth-order valence-electron chi connectivity index (χ4n) is 3.28. The number of sulfonamides is 2. The normalized spacial score (nSPS) is 15.6. The Labute approximate surface area is 188 Å². The number of hydrogen-bond acceptors (Lipinski definition) is 7. The van der Waals surface area contributed by atoms with Gasteiger partial charge in [0, 0.05) is 19.6 Å². The summed E-state index contributed by atoms with van der Waals surface area (Å²) in [6.45, 7) is 2.46. The summed E-state index contributed by atoms with van der Waals surface area (Å²) in [4.78, 5) is 11.8. The molecule has 32 heavy (non-hydrogen) atoms. The molecule has 0 spiro atoms. The van der Waals surface area contributed by atoms with Crippen molar-refractivity contribution in [2.45, 2.75) is 23.3 Å². The predicted octanol–water partition coefficient (Wildman–Crippen LogP) is 1.38. The van der Waals surface area contributed by atoms with Crippen molar-refractivity contribution < 1.29 is 31.1 Å². The number of esters is 1. The standard InChI is InChI=1S/C21H26N2O7S2/c1-17-5-3-4-6-18(17)15-23(16-21(24)29-2)32(27,28)20-9-7-19(8-10-20)31(25,26)22-11-13-30-14-12-22/h3-10H,11-16H2,1-2H3. The number of morpholine rings is 1. The maximum atomic E-state index is 13.3. The molecule has 0 aromatic heterocycles. The molecule has 0 unspecified atom stereocenters. The van der Waals surface area contributed by atoms with E-state index in [1.807, 2.05) is 19.1 Å². The molecule has 2 aromatic rings. The first-order valence-electron chi connectivity index (χ1n) is 9.95. The highest BCUT2D eigenvalue weighted by Gasteiger charge is 2.30. The summed E-state index contributed by atoms with van der Waals surface area (Å²) in [5, 5.41) is 0. The summed E-state index contributed by atoms with van der Waals surface area (Å²) in [7, 11) is -6.67. The Bertz CT molecular complexity index is 1160. The van der Waals surface area contributed by atoms with Gasteiger partial charge >= 0.3 is 5.97 Å². The average molecular weight is 483 g/mol. The fourth-order valence-corrected chi connectivity index (χ4v) is 6.05. The van der Waals surface area contributed by atoms with Crippen LogP contribution < -0.4 is 0 Å². The van der Waals surface area contributed by atoms with Gasteiger partial charge in [0.25, 0.3) is 0 Å². The third kappa shape index (κ3) is 5.36. The summed E-state index contributed by atoms with van der Waals surface area (Å²) in [6.07, 6.45) is 0. The molecule has 1 aliphatic rings. The van der Waals surface area contributed by atoms with Gasteiger partial charge in [-0.1, -0.05) is 24.3 Å². The molecule has 1 fully saturated rings. The van der Waals surface area contributed by atoms with Crippen molar-refractivity contribution in [1.82, 2.24) is 8.61 Å². The van der Waals surface area contributed by atoms with E-state index in [2.05, 4.69) is 4.74 Å². The van der Waals surface area contributed by atoms with Crippen molar-refractivity contribution in [2.24, 2.45) is 0 Å². The Kier molecular flexibility index (Phi) is 7.67. The van der Waals surface area contributed by atoms with Gasteiger partial charge in [0.05, 0.1) is 30.1 Å². The molecule has 2 aromatic carbocycles. The average Bonchev–Trinajstić information content (AvgIpc) is 2.80. The van der Waals surface area contributed by atoms with Crippen molar-refractivity contribution in [3.05, 3.63) is 59.7 Å². The Morgan fingerprint density at radius 2 is 1.59 bits per heavy atom. The highest BCUT2D eigenvalue weighted by atomic mass is 32.2. The molecule has 0 bridgehead atoms. The number of nitrogens with zero attached hydrogens (tertiary/aromatic N) is 2. The lowest BCUT2D eigenvalue weighted by Gasteiger charge is -2.26. The number of carbonyl (C=O) groups excluding carboxylic acids is 1. The van der Waals surface area contributed by atoms with Crippen LogP contribution in [0.15, 0.2) is 58.3 Å². The zero-order valence-electron chi connectivity index (χ0n) is 17.9. The van der Waals surface area contributed by atoms with Gasteiger partial charge in [0.2, 0.25) is 20.0 Å². The van der Waals surface area contributed by atoms with Crippen LogP contribution in [0.1, 0.15) is 11.1 Å². The molecule has 0 saturated carbocycles. The fraction of sp³-hybridized carbons (Fsp3) is 0.381. The van der Waals surface area contributed by atoms with Gasteiger partial charge in [-0.2, -0.15) is 8.61 Å². The highest BCUT2D eigenvalue weighted by Crippen LogP contribution is 2.23. The molecule has 0 N–H and O–H groups in total. The number of benzene rings is 2. The van der Waals surface area contributed by atoms with Gasteiger partial charge in [-0.25, -0.2) is 16.8 Å². The van der Waals surface area contributed by atoms with Crippen molar-refractivity contribution >= 4 is 26.0 Å². The minimum absolute atomic E-state index is 0.00299. The predicted molar refractivity (Wildman–Crippen MR) is 117 cm³/mol. The highest BCUT2D eigenvalue weighted by molar-refractivity contribution is 7.89. The first kappa shape index (κ1) is 24.3. The van der Waals surface area contributed by atoms with Gasteiger partial charge in [0.1, 0.15) is 6.54 Å². The van der Waals surface area contributed by atoms with E-state index in [9.17, 15) is 21.6 Å². The SMILES string of the molecule is COC(=O)CN(Cc1ccccc1C)S(=O)(=O)c1ccc(S(=O)(=O)N2CCOCC2)cc1. The van der Waals surface area contributed by atoms with E-state index in [1.165, 1.54) is 35.7 Å². The second kappa shape index (κ2) is 10.1. The topological polar surface area (TPSA) is 110 Å². The maximum Gasteiger partial charge on any atom is 0.321 e. The third-order valence-corrected chi connectivity index (χ3v) is 8.93. The van der Waals surface area contributed by atoms with E-state index >= 15 is 0 Å². The molecule has 11 heteroatoms. The smallest absolute Gasteiger partial charge is 0.321 e. The Balaban J connectivity index is 1.90. The lowest BCUT2D eigenvalue weighted by Crippen LogP contribution is -2.40. The quantitative estimate of drug-likeness (QED) is 0.523. The summed E-state index contributed by atoms with van der Waals surface area (Å²) >= 11 is 0. The molecule has 9 nitrogen and oxygen atoms in total. The monoisotopic (exact) mass is 482 g/mol. The van der Waals surface area contributed by atoms with Crippen LogP contribution in [-0.2, 0) is 40.9 Å². The van der Waals surface area contributed by atoms with Gasteiger partial charge in [0.15, 0.2) is 0 Å². The lowest BCUT2D eigenvalue weighted by atomic mass is 10.1. The molecular weight excluding hydrogens is 456 g/mol. The summed E-state index contributed by atoms with van der Waals surface area (Å²) in [6, 6.07) is 12.3. The van der Waals surface area contributed by atoms with Crippen molar-refractivity contribution in [1.29, 1.82) is 0 Å². The zero-order chi connectivity index (χ0) is 23.4. The minimum atomic E-state index is -4.10. The zero-order valence-corrected chi connectivity index (χ0v) is 19.6. The van der Waals surface area contributed by atoms with Crippen LogP contribution in [0.4, 0.5) is 0 Å². The van der Waals surface area contributed by atoms with Crippen LogP contribution >= 0.6 is 0 Å².